The van der Waals surface area contributed by atoms with Crippen molar-refractivity contribution in [2.45, 2.75) is 37.5 Å². The van der Waals surface area contributed by atoms with Crippen molar-refractivity contribution < 1.29 is 22.9 Å². The molecule has 0 saturated carbocycles. The van der Waals surface area contributed by atoms with Crippen LogP contribution >= 0.6 is 0 Å². The number of amides is 1. The Morgan fingerprint density at radius 3 is 2.39 bits per heavy atom. The van der Waals surface area contributed by atoms with Gasteiger partial charge in [0.2, 0.25) is 10.0 Å². The van der Waals surface area contributed by atoms with Crippen LogP contribution < -0.4 is 4.74 Å². The van der Waals surface area contributed by atoms with Gasteiger partial charge in [0.25, 0.3) is 5.91 Å². The van der Waals surface area contributed by atoms with Crippen LogP contribution in [0.2, 0.25) is 0 Å². The highest BCUT2D eigenvalue weighted by atomic mass is 32.2. The quantitative estimate of drug-likeness (QED) is 0.471. The zero-order chi connectivity index (χ0) is 23.6. The summed E-state index contributed by atoms with van der Waals surface area (Å²) in [5, 5.41) is 11.4. The van der Waals surface area contributed by atoms with Crippen LogP contribution in [0.25, 0.3) is 0 Å². The number of hydrogen-bond donors (Lipinski definition) is 0. The van der Waals surface area contributed by atoms with E-state index in [4.69, 9.17) is 4.74 Å². The second-order valence-electron chi connectivity index (χ2n) is 8.21. The van der Waals surface area contributed by atoms with Crippen molar-refractivity contribution in [3.63, 3.8) is 0 Å². The number of carbonyl (C=O) groups is 1. The monoisotopic (exact) mass is 473 g/mol. The van der Waals surface area contributed by atoms with Gasteiger partial charge in [-0.3, -0.25) is 14.9 Å². The van der Waals surface area contributed by atoms with Gasteiger partial charge in [0.15, 0.2) is 5.75 Å². The Labute approximate surface area is 193 Å². The van der Waals surface area contributed by atoms with E-state index in [2.05, 4.69) is 0 Å². The number of rotatable bonds is 6. The number of nitrogens with zero attached hydrogens (tertiary/aromatic N) is 3. The SMILES string of the molecule is CCOc1ccc(C(=O)N2CCN(S(=O)(=O)c3ccc4c(c3)CCCC4)CC2)cc1[N+](=O)[O-]. The molecular weight excluding hydrogens is 446 g/mol. The third-order valence-corrected chi connectivity index (χ3v) is 8.08. The van der Waals surface area contributed by atoms with Crippen LogP contribution in [0.3, 0.4) is 0 Å². The largest absolute Gasteiger partial charge is 0.487 e. The van der Waals surface area contributed by atoms with E-state index in [1.54, 1.807) is 19.1 Å². The van der Waals surface area contributed by atoms with Gasteiger partial charge in [0, 0.05) is 37.8 Å². The van der Waals surface area contributed by atoms with Crippen molar-refractivity contribution in [2.24, 2.45) is 0 Å². The summed E-state index contributed by atoms with van der Waals surface area (Å²) in [5.74, 6) is -0.257. The zero-order valence-electron chi connectivity index (χ0n) is 18.5. The highest BCUT2D eigenvalue weighted by molar-refractivity contribution is 7.89. The Bertz CT molecular complexity index is 1170. The van der Waals surface area contributed by atoms with Gasteiger partial charge in [-0.2, -0.15) is 4.31 Å². The Morgan fingerprint density at radius 1 is 1.03 bits per heavy atom. The van der Waals surface area contributed by atoms with Crippen LogP contribution in [0.4, 0.5) is 5.69 Å². The fourth-order valence-corrected chi connectivity index (χ4v) is 5.88. The van der Waals surface area contributed by atoms with E-state index in [9.17, 15) is 23.3 Å². The van der Waals surface area contributed by atoms with Crippen LogP contribution in [-0.2, 0) is 22.9 Å². The third-order valence-electron chi connectivity index (χ3n) is 6.19. The predicted molar refractivity (Wildman–Crippen MR) is 122 cm³/mol. The minimum atomic E-state index is -3.65. The molecule has 2 aromatic rings. The van der Waals surface area contributed by atoms with E-state index in [1.807, 2.05) is 6.07 Å². The first-order valence-corrected chi connectivity index (χ1v) is 12.6. The molecule has 1 heterocycles. The highest BCUT2D eigenvalue weighted by Crippen LogP contribution is 2.29. The molecule has 1 aliphatic heterocycles. The van der Waals surface area contributed by atoms with E-state index in [-0.39, 0.29) is 55.7 Å². The van der Waals surface area contributed by atoms with Gasteiger partial charge in [0.1, 0.15) is 0 Å². The van der Waals surface area contributed by atoms with Crippen molar-refractivity contribution in [3.8, 4) is 5.75 Å². The number of aryl methyl sites for hydroxylation is 2. The molecular formula is C23H27N3O6S. The van der Waals surface area contributed by atoms with Crippen molar-refractivity contribution in [1.82, 2.24) is 9.21 Å². The molecule has 0 atom stereocenters. The topological polar surface area (TPSA) is 110 Å². The van der Waals surface area contributed by atoms with Gasteiger partial charge in [-0.25, -0.2) is 8.42 Å². The van der Waals surface area contributed by atoms with Crippen molar-refractivity contribution in [1.29, 1.82) is 0 Å². The van der Waals surface area contributed by atoms with Gasteiger partial charge < -0.3 is 9.64 Å². The van der Waals surface area contributed by atoms with E-state index in [0.717, 1.165) is 31.2 Å². The molecule has 0 bridgehead atoms. The van der Waals surface area contributed by atoms with E-state index >= 15 is 0 Å². The van der Waals surface area contributed by atoms with E-state index in [1.165, 1.54) is 33.0 Å². The van der Waals surface area contributed by atoms with E-state index < -0.39 is 14.9 Å². The van der Waals surface area contributed by atoms with Crippen LogP contribution in [0, 0.1) is 10.1 Å². The lowest BCUT2D eigenvalue weighted by molar-refractivity contribution is -0.385. The maximum atomic E-state index is 13.2. The predicted octanol–water partition coefficient (Wildman–Crippen LogP) is 3.02. The summed E-state index contributed by atoms with van der Waals surface area (Å²) < 4.78 is 33.0. The first-order valence-electron chi connectivity index (χ1n) is 11.1. The second kappa shape index (κ2) is 9.48. The fraction of sp³-hybridized carbons (Fsp3) is 0.435. The molecule has 0 N–H and O–H groups in total. The summed E-state index contributed by atoms with van der Waals surface area (Å²) >= 11 is 0. The van der Waals surface area contributed by atoms with Crippen LogP contribution in [0.15, 0.2) is 41.3 Å². The molecule has 4 rings (SSSR count). The van der Waals surface area contributed by atoms with Gasteiger partial charge >= 0.3 is 5.69 Å². The number of sulfonamides is 1. The molecule has 33 heavy (non-hydrogen) atoms. The number of fused-ring (bicyclic) bond motifs is 1. The highest BCUT2D eigenvalue weighted by Gasteiger charge is 2.31. The minimum Gasteiger partial charge on any atom is -0.487 e. The number of nitro groups is 1. The lowest BCUT2D eigenvalue weighted by atomic mass is 9.92. The van der Waals surface area contributed by atoms with Crippen LogP contribution in [-0.4, -0.2) is 61.2 Å². The summed E-state index contributed by atoms with van der Waals surface area (Å²) in [6.45, 7) is 2.76. The number of benzene rings is 2. The van der Waals surface area contributed by atoms with Crippen molar-refractivity contribution in [3.05, 3.63) is 63.2 Å². The van der Waals surface area contributed by atoms with Crippen molar-refractivity contribution >= 4 is 21.6 Å². The molecule has 1 fully saturated rings. The van der Waals surface area contributed by atoms with Crippen LogP contribution in [0.5, 0.6) is 5.75 Å². The first-order chi connectivity index (χ1) is 15.8. The molecule has 0 radical (unpaired) electrons. The molecule has 176 valence electrons. The molecule has 2 aromatic carbocycles. The molecule has 0 spiro atoms. The molecule has 1 aliphatic carbocycles. The molecule has 9 nitrogen and oxygen atoms in total. The summed E-state index contributed by atoms with van der Waals surface area (Å²) in [4.78, 5) is 25.5. The van der Waals surface area contributed by atoms with Gasteiger partial charge in [0.05, 0.1) is 16.4 Å². The Hall–Kier alpha value is -2.98. The number of ether oxygens (including phenoxy) is 1. The van der Waals surface area contributed by atoms with Crippen molar-refractivity contribution in [2.75, 3.05) is 32.8 Å². The molecule has 0 unspecified atom stereocenters. The molecule has 10 heteroatoms. The average molecular weight is 474 g/mol. The van der Waals surface area contributed by atoms with Gasteiger partial charge in [-0.15, -0.1) is 0 Å². The van der Waals surface area contributed by atoms with Gasteiger partial charge in [-0.1, -0.05) is 6.07 Å². The number of nitro benzene ring substituents is 1. The Balaban J connectivity index is 1.46. The number of carbonyl (C=O) groups excluding carboxylic acids is 1. The third kappa shape index (κ3) is 4.72. The lowest BCUT2D eigenvalue weighted by Crippen LogP contribution is -2.50. The maximum Gasteiger partial charge on any atom is 0.311 e. The molecule has 1 amide bonds. The standard InChI is InChI=1S/C23H27N3O6S/c1-2-32-22-10-8-19(16-21(22)26(28)29)23(27)24-11-13-25(14-12-24)33(30,31)20-9-7-17-5-3-4-6-18(17)15-20/h7-10,15-16H,2-6,11-14H2,1H3. The normalized spacial score (nSPS) is 16.8. The number of piperazine rings is 1. The lowest BCUT2D eigenvalue weighted by Gasteiger charge is -2.34. The summed E-state index contributed by atoms with van der Waals surface area (Å²) in [7, 11) is -3.65. The first kappa shape index (κ1) is 23.2. The second-order valence-corrected chi connectivity index (χ2v) is 10.1. The molecule has 1 saturated heterocycles. The summed E-state index contributed by atoms with van der Waals surface area (Å²) in [5.41, 5.74) is 2.24. The molecule has 0 aromatic heterocycles. The average Bonchev–Trinajstić information content (AvgIpc) is 2.83. The Kier molecular flexibility index (Phi) is 6.66. The summed E-state index contributed by atoms with van der Waals surface area (Å²) in [6.07, 6.45) is 4.09. The smallest absolute Gasteiger partial charge is 0.311 e. The minimum absolute atomic E-state index is 0.111. The summed E-state index contributed by atoms with van der Waals surface area (Å²) in [6, 6.07) is 9.52. The molecule has 2 aliphatic rings. The Morgan fingerprint density at radius 2 is 1.73 bits per heavy atom. The fourth-order valence-electron chi connectivity index (χ4n) is 4.40. The number of hydrogen-bond acceptors (Lipinski definition) is 6. The van der Waals surface area contributed by atoms with Gasteiger partial charge in [-0.05, 0) is 68.0 Å². The van der Waals surface area contributed by atoms with Crippen LogP contribution in [0.1, 0.15) is 41.3 Å². The zero-order valence-corrected chi connectivity index (χ0v) is 19.3. The maximum absolute atomic E-state index is 13.2. The van der Waals surface area contributed by atoms with E-state index in [0.29, 0.717) is 4.90 Å².